The maximum Gasteiger partial charge on any atom is 0.168 e. The second-order valence-corrected chi connectivity index (χ2v) is 7.38. The van der Waals surface area contributed by atoms with Crippen molar-refractivity contribution in [2.75, 3.05) is 13.1 Å². The van der Waals surface area contributed by atoms with E-state index in [0.29, 0.717) is 6.04 Å². The number of carbonyl (C=O) groups is 1. The molecule has 0 bridgehead atoms. The minimum absolute atomic E-state index is 0.0412. The summed E-state index contributed by atoms with van der Waals surface area (Å²) in [6, 6.07) is 13.8. The molecule has 0 amide bonds. The molecule has 1 saturated heterocycles. The van der Waals surface area contributed by atoms with Crippen LogP contribution in [0.1, 0.15) is 54.6 Å². The lowest BCUT2D eigenvalue weighted by molar-refractivity contribution is 0.0963. The summed E-state index contributed by atoms with van der Waals surface area (Å²) in [4.78, 5) is 14.6. The Morgan fingerprint density at radius 3 is 2.48 bits per heavy atom. The Hall–Kier alpha value is -2.00. The first-order valence-corrected chi connectivity index (χ1v) is 9.31. The molecule has 1 heterocycles. The summed E-state index contributed by atoms with van der Waals surface area (Å²) in [5.41, 5.74) is 3.35. The van der Waals surface area contributed by atoms with Crippen molar-refractivity contribution in [3.63, 3.8) is 0 Å². The largest absolute Gasteiger partial charge is 0.297 e. The Morgan fingerprint density at radius 2 is 1.80 bits per heavy atom. The third kappa shape index (κ3) is 3.38. The summed E-state index contributed by atoms with van der Waals surface area (Å²) in [6.45, 7) is 4.54. The van der Waals surface area contributed by atoms with Gasteiger partial charge in [-0.3, -0.25) is 9.69 Å². The van der Waals surface area contributed by atoms with Crippen molar-refractivity contribution in [3.05, 3.63) is 59.4 Å². The van der Waals surface area contributed by atoms with E-state index in [4.69, 9.17) is 0 Å². The van der Waals surface area contributed by atoms with Gasteiger partial charge in [-0.15, -0.1) is 0 Å². The van der Waals surface area contributed by atoms with Crippen LogP contribution < -0.4 is 0 Å². The Labute approximate surface area is 148 Å². The SMILES string of the molecule is C[C@H](c1cccc(-c2ccc(C(=O)C3CC3)c(F)c2)c1)N1CCCC1. The molecule has 2 fully saturated rings. The van der Waals surface area contributed by atoms with E-state index in [1.807, 2.05) is 18.2 Å². The number of likely N-dealkylation sites (tertiary alicyclic amines) is 1. The first-order chi connectivity index (χ1) is 12.1. The van der Waals surface area contributed by atoms with Crippen molar-refractivity contribution < 1.29 is 9.18 Å². The number of hydrogen-bond donors (Lipinski definition) is 0. The lowest BCUT2D eigenvalue weighted by atomic mass is 9.97. The number of ketones is 1. The van der Waals surface area contributed by atoms with Crippen LogP contribution in [0.2, 0.25) is 0 Å². The topological polar surface area (TPSA) is 20.3 Å². The van der Waals surface area contributed by atoms with E-state index < -0.39 is 5.82 Å². The zero-order valence-corrected chi connectivity index (χ0v) is 14.7. The zero-order chi connectivity index (χ0) is 17.4. The first-order valence-electron chi connectivity index (χ1n) is 9.31. The normalized spacial score (nSPS) is 19.1. The first kappa shape index (κ1) is 16.5. The molecule has 1 atom stereocenters. The molecule has 0 radical (unpaired) electrons. The van der Waals surface area contributed by atoms with E-state index in [1.54, 1.807) is 6.07 Å². The van der Waals surface area contributed by atoms with Crippen LogP contribution in [0.15, 0.2) is 42.5 Å². The maximum atomic E-state index is 14.5. The fourth-order valence-electron chi connectivity index (χ4n) is 3.78. The summed E-state index contributed by atoms with van der Waals surface area (Å²) in [6.07, 6.45) is 4.34. The van der Waals surface area contributed by atoms with E-state index in [1.165, 1.54) is 24.5 Å². The highest BCUT2D eigenvalue weighted by Crippen LogP contribution is 2.34. The molecule has 2 aromatic carbocycles. The van der Waals surface area contributed by atoms with Crippen LogP contribution >= 0.6 is 0 Å². The highest BCUT2D eigenvalue weighted by molar-refractivity contribution is 5.99. The van der Waals surface area contributed by atoms with Gasteiger partial charge in [0.15, 0.2) is 5.78 Å². The molecule has 130 valence electrons. The van der Waals surface area contributed by atoms with Gasteiger partial charge in [-0.1, -0.05) is 24.3 Å². The van der Waals surface area contributed by atoms with Crippen molar-refractivity contribution in [3.8, 4) is 11.1 Å². The maximum absolute atomic E-state index is 14.5. The third-order valence-electron chi connectivity index (χ3n) is 5.57. The van der Waals surface area contributed by atoms with Gasteiger partial charge in [0.25, 0.3) is 0 Å². The van der Waals surface area contributed by atoms with Crippen LogP contribution in [-0.2, 0) is 0 Å². The van der Waals surface area contributed by atoms with Crippen LogP contribution in [0.25, 0.3) is 11.1 Å². The average molecular weight is 337 g/mol. The van der Waals surface area contributed by atoms with Crippen molar-refractivity contribution in [1.82, 2.24) is 4.90 Å². The number of nitrogens with zero attached hydrogens (tertiary/aromatic N) is 1. The van der Waals surface area contributed by atoms with E-state index in [2.05, 4.69) is 24.0 Å². The average Bonchev–Trinajstić information content (AvgIpc) is 3.35. The van der Waals surface area contributed by atoms with Crippen LogP contribution in [0.5, 0.6) is 0 Å². The van der Waals surface area contributed by atoms with Gasteiger partial charge >= 0.3 is 0 Å². The minimum Gasteiger partial charge on any atom is -0.297 e. The van der Waals surface area contributed by atoms with Crippen molar-refractivity contribution in [2.45, 2.75) is 38.6 Å². The predicted molar refractivity (Wildman–Crippen MR) is 98.1 cm³/mol. The summed E-state index contributed by atoms with van der Waals surface area (Å²) in [5, 5.41) is 0. The lowest BCUT2D eigenvalue weighted by Gasteiger charge is -2.24. The number of halogens is 1. The Kier molecular flexibility index (Phi) is 4.43. The smallest absolute Gasteiger partial charge is 0.168 e. The standard InChI is InChI=1S/C22H24FNO/c1-15(24-11-2-3-12-24)17-5-4-6-18(13-17)19-9-10-20(21(23)14-19)22(25)16-7-8-16/h4-6,9-10,13-16H,2-3,7-8,11-12H2,1H3/t15-/m1/s1. The molecule has 0 aromatic heterocycles. The molecule has 4 rings (SSSR count). The Bertz CT molecular complexity index is 790. The molecule has 2 aromatic rings. The summed E-state index contributed by atoms with van der Waals surface area (Å²) < 4.78 is 14.5. The highest BCUT2D eigenvalue weighted by Gasteiger charge is 2.32. The molecule has 1 aliphatic heterocycles. The Balaban J connectivity index is 1.60. The molecule has 0 spiro atoms. The van der Waals surface area contributed by atoms with Gasteiger partial charge in [-0.25, -0.2) is 4.39 Å². The number of carbonyl (C=O) groups excluding carboxylic acids is 1. The third-order valence-corrected chi connectivity index (χ3v) is 5.57. The van der Waals surface area contributed by atoms with Gasteiger partial charge in [-0.05, 0) is 80.6 Å². The fraction of sp³-hybridized carbons (Fsp3) is 0.409. The van der Waals surface area contributed by atoms with Crippen molar-refractivity contribution in [2.24, 2.45) is 5.92 Å². The number of hydrogen-bond acceptors (Lipinski definition) is 2. The summed E-state index contributed by atoms with van der Waals surface area (Å²) >= 11 is 0. The second kappa shape index (κ2) is 6.72. The van der Waals surface area contributed by atoms with Crippen LogP contribution in [0, 0.1) is 11.7 Å². The molecule has 2 nitrogen and oxygen atoms in total. The van der Waals surface area contributed by atoms with Gasteiger partial charge in [0, 0.05) is 12.0 Å². The number of benzene rings is 2. The molecule has 2 aliphatic rings. The van der Waals surface area contributed by atoms with Gasteiger partial charge in [-0.2, -0.15) is 0 Å². The molecule has 3 heteroatoms. The summed E-state index contributed by atoms with van der Waals surface area (Å²) in [7, 11) is 0. The van der Waals surface area contributed by atoms with Crippen molar-refractivity contribution >= 4 is 5.78 Å². The van der Waals surface area contributed by atoms with Gasteiger partial charge in [0.2, 0.25) is 0 Å². The Morgan fingerprint density at radius 1 is 1.08 bits per heavy atom. The van der Waals surface area contributed by atoms with Crippen LogP contribution in [0.4, 0.5) is 4.39 Å². The summed E-state index contributed by atoms with van der Waals surface area (Å²) in [5.74, 6) is -0.391. The van der Waals surface area contributed by atoms with E-state index >= 15 is 0 Å². The van der Waals surface area contributed by atoms with Crippen LogP contribution in [-0.4, -0.2) is 23.8 Å². The monoisotopic (exact) mass is 337 g/mol. The van der Waals surface area contributed by atoms with Gasteiger partial charge in [0.1, 0.15) is 5.82 Å². The molecule has 25 heavy (non-hydrogen) atoms. The number of rotatable bonds is 5. The molecule has 0 N–H and O–H groups in total. The van der Waals surface area contributed by atoms with E-state index in [0.717, 1.165) is 37.1 Å². The zero-order valence-electron chi connectivity index (χ0n) is 14.7. The van der Waals surface area contributed by atoms with Crippen LogP contribution in [0.3, 0.4) is 0 Å². The second-order valence-electron chi connectivity index (χ2n) is 7.38. The molecular formula is C22H24FNO. The minimum atomic E-state index is -0.396. The highest BCUT2D eigenvalue weighted by atomic mass is 19.1. The van der Waals surface area contributed by atoms with Crippen molar-refractivity contribution in [1.29, 1.82) is 0 Å². The molecule has 0 unspecified atom stereocenters. The van der Waals surface area contributed by atoms with E-state index in [9.17, 15) is 9.18 Å². The lowest BCUT2D eigenvalue weighted by Crippen LogP contribution is -2.23. The molecular weight excluding hydrogens is 313 g/mol. The quantitative estimate of drug-likeness (QED) is 0.695. The van der Waals surface area contributed by atoms with E-state index in [-0.39, 0.29) is 17.3 Å². The number of Topliss-reactive ketones (excluding diaryl/α,β-unsaturated/α-hetero) is 1. The predicted octanol–water partition coefficient (Wildman–Crippen LogP) is 5.24. The molecule has 1 aliphatic carbocycles. The molecule has 1 saturated carbocycles. The fourth-order valence-corrected chi connectivity index (χ4v) is 3.78. The van der Waals surface area contributed by atoms with Gasteiger partial charge in [0.05, 0.1) is 5.56 Å². The van der Waals surface area contributed by atoms with Gasteiger partial charge < -0.3 is 0 Å².